The van der Waals surface area contributed by atoms with E-state index in [1.54, 1.807) is 10.6 Å². The molecule has 3 nitrogen and oxygen atoms in total. The Balaban J connectivity index is 2.70. The molecule has 1 aromatic heterocycles. The number of rotatable bonds is 0. The van der Waals surface area contributed by atoms with Crippen LogP contribution in [0.4, 0.5) is 0 Å². The SMILES string of the molecule is O=c1cc(O)cc2n1CCC2. The molecular weight excluding hydrogens is 142 g/mol. The van der Waals surface area contributed by atoms with Crippen molar-refractivity contribution >= 4 is 0 Å². The third-order valence-electron chi connectivity index (χ3n) is 2.01. The van der Waals surface area contributed by atoms with Gasteiger partial charge in [0.15, 0.2) is 0 Å². The summed E-state index contributed by atoms with van der Waals surface area (Å²) in [4.78, 5) is 11.1. The van der Waals surface area contributed by atoms with Crippen molar-refractivity contribution in [2.24, 2.45) is 0 Å². The molecule has 3 heteroatoms. The van der Waals surface area contributed by atoms with Crippen LogP contribution in [-0.4, -0.2) is 9.67 Å². The molecule has 1 aromatic rings. The molecule has 1 aliphatic heterocycles. The summed E-state index contributed by atoms with van der Waals surface area (Å²) in [6, 6.07) is 2.92. The second-order valence-corrected chi connectivity index (χ2v) is 2.80. The van der Waals surface area contributed by atoms with Crippen molar-refractivity contribution in [3.05, 3.63) is 28.2 Å². The molecular formula is C8H9NO2. The number of aryl methyl sites for hydroxylation is 1. The number of hydrogen-bond acceptors (Lipinski definition) is 2. The molecule has 1 aliphatic rings. The quantitative estimate of drug-likeness (QED) is 0.586. The lowest BCUT2D eigenvalue weighted by atomic mass is 10.3. The van der Waals surface area contributed by atoms with Gasteiger partial charge in [-0.15, -0.1) is 0 Å². The Bertz CT molecular complexity index is 340. The van der Waals surface area contributed by atoms with Crippen LogP contribution in [0.2, 0.25) is 0 Å². The highest BCUT2D eigenvalue weighted by atomic mass is 16.3. The monoisotopic (exact) mass is 151 g/mol. The van der Waals surface area contributed by atoms with E-state index in [4.69, 9.17) is 5.11 Å². The van der Waals surface area contributed by atoms with E-state index in [-0.39, 0.29) is 11.3 Å². The molecule has 0 amide bonds. The van der Waals surface area contributed by atoms with E-state index in [0.29, 0.717) is 0 Å². The first-order valence-corrected chi connectivity index (χ1v) is 3.70. The van der Waals surface area contributed by atoms with Crippen molar-refractivity contribution in [1.29, 1.82) is 0 Å². The van der Waals surface area contributed by atoms with Crippen molar-refractivity contribution < 1.29 is 5.11 Å². The first-order chi connectivity index (χ1) is 5.27. The van der Waals surface area contributed by atoms with Crippen molar-refractivity contribution in [1.82, 2.24) is 4.57 Å². The van der Waals surface area contributed by atoms with E-state index in [9.17, 15) is 4.79 Å². The molecule has 58 valence electrons. The predicted octanol–water partition coefficient (Wildman–Crippen LogP) is 0.500. The molecule has 0 bridgehead atoms. The van der Waals surface area contributed by atoms with Crippen LogP contribution in [0.3, 0.4) is 0 Å². The maximum Gasteiger partial charge on any atom is 0.254 e. The molecule has 2 rings (SSSR count). The van der Waals surface area contributed by atoms with Crippen LogP contribution in [0.25, 0.3) is 0 Å². The fourth-order valence-electron chi connectivity index (χ4n) is 1.52. The van der Waals surface area contributed by atoms with Gasteiger partial charge in [-0.05, 0) is 18.9 Å². The van der Waals surface area contributed by atoms with Gasteiger partial charge in [0.05, 0.1) is 0 Å². The third-order valence-corrected chi connectivity index (χ3v) is 2.01. The highest BCUT2D eigenvalue weighted by molar-refractivity contribution is 5.23. The van der Waals surface area contributed by atoms with Gasteiger partial charge in [0.2, 0.25) is 0 Å². The Kier molecular flexibility index (Phi) is 1.24. The van der Waals surface area contributed by atoms with Gasteiger partial charge in [0.1, 0.15) is 5.75 Å². The van der Waals surface area contributed by atoms with Gasteiger partial charge in [-0.3, -0.25) is 4.79 Å². The molecule has 0 spiro atoms. The standard InChI is InChI=1S/C8H9NO2/c10-7-4-6-2-1-3-9(6)8(11)5-7/h4-5,10H,1-3H2. The topological polar surface area (TPSA) is 42.2 Å². The number of aromatic hydroxyl groups is 1. The van der Waals surface area contributed by atoms with Gasteiger partial charge in [-0.1, -0.05) is 0 Å². The number of fused-ring (bicyclic) bond motifs is 1. The second kappa shape index (κ2) is 2.12. The number of nitrogens with zero attached hydrogens (tertiary/aromatic N) is 1. The Hall–Kier alpha value is -1.25. The molecule has 0 radical (unpaired) electrons. The lowest BCUT2D eigenvalue weighted by Crippen LogP contribution is -2.17. The van der Waals surface area contributed by atoms with Crippen LogP contribution in [-0.2, 0) is 13.0 Å². The van der Waals surface area contributed by atoms with Gasteiger partial charge in [0.25, 0.3) is 5.56 Å². The van der Waals surface area contributed by atoms with Crippen molar-refractivity contribution in [2.75, 3.05) is 0 Å². The van der Waals surface area contributed by atoms with Crippen LogP contribution in [0, 0.1) is 0 Å². The molecule has 1 N–H and O–H groups in total. The third kappa shape index (κ3) is 0.926. The van der Waals surface area contributed by atoms with E-state index in [0.717, 1.165) is 25.1 Å². The summed E-state index contributed by atoms with van der Waals surface area (Å²) >= 11 is 0. The fraction of sp³-hybridized carbons (Fsp3) is 0.375. The predicted molar refractivity (Wildman–Crippen MR) is 40.7 cm³/mol. The highest BCUT2D eigenvalue weighted by Gasteiger charge is 2.11. The normalized spacial score (nSPS) is 14.9. The van der Waals surface area contributed by atoms with Crippen molar-refractivity contribution in [3.8, 4) is 5.75 Å². The summed E-state index contributed by atoms with van der Waals surface area (Å²) in [5, 5.41) is 9.06. The molecule has 0 aromatic carbocycles. The van der Waals surface area contributed by atoms with Crippen LogP contribution in [0.15, 0.2) is 16.9 Å². The Morgan fingerprint density at radius 3 is 3.09 bits per heavy atom. The summed E-state index contributed by atoms with van der Waals surface area (Å²) in [5.41, 5.74) is 0.868. The van der Waals surface area contributed by atoms with Crippen LogP contribution in [0.1, 0.15) is 12.1 Å². The molecule has 2 heterocycles. The van der Waals surface area contributed by atoms with Gasteiger partial charge >= 0.3 is 0 Å². The molecule has 11 heavy (non-hydrogen) atoms. The van der Waals surface area contributed by atoms with E-state index >= 15 is 0 Å². The maximum atomic E-state index is 11.1. The van der Waals surface area contributed by atoms with Crippen LogP contribution in [0.5, 0.6) is 5.75 Å². The van der Waals surface area contributed by atoms with Gasteiger partial charge < -0.3 is 9.67 Å². The molecule has 0 unspecified atom stereocenters. The summed E-state index contributed by atoms with van der Waals surface area (Å²) < 4.78 is 1.71. The Morgan fingerprint density at radius 2 is 2.27 bits per heavy atom. The summed E-state index contributed by atoms with van der Waals surface area (Å²) in [6.07, 6.45) is 1.92. The van der Waals surface area contributed by atoms with Crippen LogP contribution < -0.4 is 5.56 Å². The molecule has 0 aliphatic carbocycles. The van der Waals surface area contributed by atoms with Gasteiger partial charge in [-0.25, -0.2) is 0 Å². The van der Waals surface area contributed by atoms with Crippen molar-refractivity contribution in [3.63, 3.8) is 0 Å². The molecule has 0 saturated carbocycles. The second-order valence-electron chi connectivity index (χ2n) is 2.80. The molecule has 0 atom stereocenters. The summed E-state index contributed by atoms with van der Waals surface area (Å²) in [7, 11) is 0. The lowest BCUT2D eigenvalue weighted by Gasteiger charge is -2.00. The van der Waals surface area contributed by atoms with E-state index < -0.39 is 0 Å². The smallest absolute Gasteiger partial charge is 0.254 e. The summed E-state index contributed by atoms with van der Waals surface area (Å²) in [5.74, 6) is 0.0863. The first-order valence-electron chi connectivity index (χ1n) is 3.70. The zero-order chi connectivity index (χ0) is 7.84. The average Bonchev–Trinajstić information content (AvgIpc) is 2.34. The number of hydrogen-bond donors (Lipinski definition) is 1. The zero-order valence-electron chi connectivity index (χ0n) is 6.08. The van der Waals surface area contributed by atoms with Gasteiger partial charge in [-0.2, -0.15) is 0 Å². The zero-order valence-corrected chi connectivity index (χ0v) is 6.08. The van der Waals surface area contributed by atoms with E-state index in [1.807, 2.05) is 0 Å². The Labute approximate surface area is 63.9 Å². The summed E-state index contributed by atoms with van der Waals surface area (Å²) in [6.45, 7) is 0.800. The van der Waals surface area contributed by atoms with Crippen LogP contribution >= 0.6 is 0 Å². The fourth-order valence-corrected chi connectivity index (χ4v) is 1.52. The molecule has 0 fully saturated rings. The number of aromatic nitrogens is 1. The number of pyridine rings is 1. The first kappa shape index (κ1) is 6.46. The largest absolute Gasteiger partial charge is 0.508 e. The maximum absolute atomic E-state index is 11.1. The molecule has 0 saturated heterocycles. The van der Waals surface area contributed by atoms with E-state index in [2.05, 4.69) is 0 Å². The minimum atomic E-state index is -0.0856. The van der Waals surface area contributed by atoms with E-state index in [1.165, 1.54) is 6.07 Å². The average molecular weight is 151 g/mol. The minimum Gasteiger partial charge on any atom is -0.508 e. The minimum absolute atomic E-state index is 0.0856. The Morgan fingerprint density at radius 1 is 1.45 bits per heavy atom. The lowest BCUT2D eigenvalue weighted by molar-refractivity contribution is 0.471. The van der Waals surface area contributed by atoms with Crippen molar-refractivity contribution in [2.45, 2.75) is 19.4 Å². The highest BCUT2D eigenvalue weighted by Crippen LogP contribution is 2.15. The van der Waals surface area contributed by atoms with Gasteiger partial charge in [0, 0.05) is 18.3 Å².